The van der Waals surface area contributed by atoms with Crippen molar-refractivity contribution in [1.29, 1.82) is 0 Å². The van der Waals surface area contributed by atoms with E-state index in [0.717, 1.165) is 19.4 Å². The molecular formula is C14H28F3NO3. The molecule has 0 heterocycles. The van der Waals surface area contributed by atoms with Gasteiger partial charge in [0.05, 0.1) is 39.5 Å². The zero-order chi connectivity index (χ0) is 16.0. The Morgan fingerprint density at radius 1 is 0.905 bits per heavy atom. The van der Waals surface area contributed by atoms with Crippen molar-refractivity contribution in [2.75, 3.05) is 46.2 Å². The molecule has 0 saturated heterocycles. The number of unbranched alkanes of at least 4 members (excludes halogenated alkanes) is 1. The van der Waals surface area contributed by atoms with Gasteiger partial charge >= 0.3 is 6.18 Å². The van der Waals surface area contributed by atoms with E-state index in [9.17, 15) is 13.2 Å². The van der Waals surface area contributed by atoms with Crippen molar-refractivity contribution in [1.82, 2.24) is 5.32 Å². The largest absolute Gasteiger partial charge is 0.390 e. The van der Waals surface area contributed by atoms with Gasteiger partial charge in [0.1, 0.15) is 0 Å². The predicted molar refractivity (Wildman–Crippen MR) is 75.5 cm³/mol. The molecule has 0 aliphatic heterocycles. The number of hydrogen-bond donors (Lipinski definition) is 1. The minimum Gasteiger partial charge on any atom is -0.379 e. The topological polar surface area (TPSA) is 39.7 Å². The summed E-state index contributed by atoms with van der Waals surface area (Å²) in [5, 5.41) is 2.76. The van der Waals surface area contributed by atoms with Crippen LogP contribution in [0.15, 0.2) is 0 Å². The van der Waals surface area contributed by atoms with E-state index in [1.165, 1.54) is 6.92 Å². The normalized spacial score (nSPS) is 13.6. The highest BCUT2D eigenvalue weighted by Crippen LogP contribution is 2.20. The molecule has 4 nitrogen and oxygen atoms in total. The second-order valence-corrected chi connectivity index (χ2v) is 4.87. The zero-order valence-corrected chi connectivity index (χ0v) is 13.0. The minimum atomic E-state index is -4.12. The van der Waals surface area contributed by atoms with Gasteiger partial charge in [-0.1, -0.05) is 13.3 Å². The minimum absolute atomic E-state index is 0.374. The number of halogens is 3. The van der Waals surface area contributed by atoms with Crippen molar-refractivity contribution >= 4 is 0 Å². The Morgan fingerprint density at radius 3 is 1.95 bits per heavy atom. The molecule has 1 N–H and O–H groups in total. The van der Waals surface area contributed by atoms with Crippen LogP contribution in [-0.4, -0.2) is 58.4 Å². The molecule has 1 atom stereocenters. The molecule has 0 radical (unpaired) electrons. The highest BCUT2D eigenvalue weighted by Gasteiger charge is 2.29. The number of hydrogen-bond acceptors (Lipinski definition) is 4. The van der Waals surface area contributed by atoms with Crippen LogP contribution in [0.4, 0.5) is 13.2 Å². The van der Waals surface area contributed by atoms with E-state index in [-0.39, 0.29) is 0 Å². The fourth-order valence-electron chi connectivity index (χ4n) is 1.59. The average Bonchev–Trinajstić information content (AvgIpc) is 2.38. The van der Waals surface area contributed by atoms with E-state index in [4.69, 9.17) is 14.2 Å². The van der Waals surface area contributed by atoms with E-state index in [1.54, 1.807) is 0 Å². The molecule has 0 aromatic rings. The molecular weight excluding hydrogens is 287 g/mol. The Kier molecular flexibility index (Phi) is 13.1. The number of nitrogens with one attached hydrogen (secondary N) is 1. The summed E-state index contributed by atoms with van der Waals surface area (Å²) in [5.41, 5.74) is 0. The van der Waals surface area contributed by atoms with Gasteiger partial charge in [-0.15, -0.1) is 0 Å². The first-order valence-corrected chi connectivity index (χ1v) is 7.49. The van der Waals surface area contributed by atoms with Gasteiger partial charge < -0.3 is 19.5 Å². The van der Waals surface area contributed by atoms with Crippen molar-refractivity contribution < 1.29 is 27.4 Å². The van der Waals surface area contributed by atoms with Crippen LogP contribution in [0.5, 0.6) is 0 Å². The predicted octanol–water partition coefficient (Wildman–Crippen LogP) is 2.77. The molecule has 7 heteroatoms. The van der Waals surface area contributed by atoms with Gasteiger partial charge in [0.2, 0.25) is 0 Å². The molecule has 0 aliphatic carbocycles. The van der Waals surface area contributed by atoms with Gasteiger partial charge in [0.25, 0.3) is 0 Å². The lowest BCUT2D eigenvalue weighted by Gasteiger charge is -2.15. The second kappa shape index (κ2) is 13.3. The maximum absolute atomic E-state index is 12.1. The van der Waals surface area contributed by atoms with E-state index >= 15 is 0 Å². The number of ether oxygens (including phenoxy) is 3. The highest BCUT2D eigenvalue weighted by molar-refractivity contribution is 4.65. The summed E-state index contributed by atoms with van der Waals surface area (Å²) in [4.78, 5) is 0. The van der Waals surface area contributed by atoms with E-state index in [2.05, 4.69) is 12.2 Å². The molecule has 0 saturated carbocycles. The summed E-state index contributed by atoms with van der Waals surface area (Å²) in [6.45, 7) is 7.17. The highest BCUT2D eigenvalue weighted by atomic mass is 19.4. The summed E-state index contributed by atoms with van der Waals surface area (Å²) in [6, 6.07) is -0.592. The monoisotopic (exact) mass is 315 g/mol. The Labute approximate surface area is 125 Å². The summed E-state index contributed by atoms with van der Waals surface area (Å²) in [6.07, 6.45) is -2.78. The van der Waals surface area contributed by atoms with Gasteiger partial charge in [-0.25, -0.2) is 0 Å². The smallest absolute Gasteiger partial charge is 0.379 e. The SMILES string of the molecule is CCCCOCCOCCOCCNC(C)CC(F)(F)F. The van der Waals surface area contributed by atoms with Crippen molar-refractivity contribution in [2.24, 2.45) is 0 Å². The first-order valence-electron chi connectivity index (χ1n) is 7.49. The molecule has 1 unspecified atom stereocenters. The van der Waals surface area contributed by atoms with Crippen molar-refractivity contribution in [3.05, 3.63) is 0 Å². The van der Waals surface area contributed by atoms with Crippen LogP contribution in [-0.2, 0) is 14.2 Å². The quantitative estimate of drug-likeness (QED) is 0.500. The molecule has 0 bridgehead atoms. The van der Waals surface area contributed by atoms with Crippen LogP contribution in [0.1, 0.15) is 33.1 Å². The molecule has 0 aromatic heterocycles. The fourth-order valence-corrected chi connectivity index (χ4v) is 1.59. The fraction of sp³-hybridized carbons (Fsp3) is 1.00. The van der Waals surface area contributed by atoms with Gasteiger partial charge in [-0.3, -0.25) is 0 Å². The Balaban J connectivity index is 3.15. The van der Waals surface area contributed by atoms with E-state index < -0.39 is 18.6 Å². The Morgan fingerprint density at radius 2 is 1.43 bits per heavy atom. The molecule has 0 rings (SSSR count). The van der Waals surface area contributed by atoms with Crippen LogP contribution in [0.3, 0.4) is 0 Å². The third-order valence-corrected chi connectivity index (χ3v) is 2.66. The standard InChI is InChI=1S/C14H28F3NO3/c1-3-4-6-19-8-10-21-11-9-20-7-5-18-13(2)12-14(15,16)17/h13,18H,3-12H2,1-2H3. The molecule has 0 amide bonds. The summed E-state index contributed by atoms with van der Waals surface area (Å²) < 4.78 is 52.0. The first-order chi connectivity index (χ1) is 9.95. The molecule has 0 aromatic carbocycles. The zero-order valence-electron chi connectivity index (χ0n) is 13.0. The lowest BCUT2D eigenvalue weighted by atomic mass is 10.2. The van der Waals surface area contributed by atoms with Crippen LogP contribution in [0, 0.1) is 0 Å². The first kappa shape index (κ1) is 20.6. The molecule has 0 fully saturated rings. The third kappa shape index (κ3) is 17.6. The number of rotatable bonds is 14. The maximum Gasteiger partial charge on any atom is 0.390 e. The summed E-state index contributed by atoms with van der Waals surface area (Å²) >= 11 is 0. The second-order valence-electron chi connectivity index (χ2n) is 4.87. The lowest BCUT2D eigenvalue weighted by molar-refractivity contribution is -0.139. The van der Waals surface area contributed by atoms with Crippen LogP contribution < -0.4 is 5.32 Å². The van der Waals surface area contributed by atoms with Gasteiger partial charge in [0, 0.05) is 19.2 Å². The molecule has 128 valence electrons. The lowest BCUT2D eigenvalue weighted by Crippen LogP contribution is -2.33. The maximum atomic E-state index is 12.1. The third-order valence-electron chi connectivity index (χ3n) is 2.66. The van der Waals surface area contributed by atoms with Crippen LogP contribution >= 0.6 is 0 Å². The Hall–Kier alpha value is -0.370. The number of alkyl halides is 3. The van der Waals surface area contributed by atoms with Gasteiger partial charge in [0.15, 0.2) is 0 Å². The van der Waals surface area contributed by atoms with Crippen molar-refractivity contribution in [3.63, 3.8) is 0 Å². The summed E-state index contributed by atoms with van der Waals surface area (Å²) in [7, 11) is 0. The molecule has 21 heavy (non-hydrogen) atoms. The van der Waals surface area contributed by atoms with Crippen molar-refractivity contribution in [3.8, 4) is 0 Å². The Bertz CT molecular complexity index is 228. The van der Waals surface area contributed by atoms with Gasteiger partial charge in [-0.05, 0) is 13.3 Å². The van der Waals surface area contributed by atoms with Crippen LogP contribution in [0.25, 0.3) is 0 Å². The average molecular weight is 315 g/mol. The molecule has 0 spiro atoms. The van der Waals surface area contributed by atoms with Crippen molar-refractivity contribution in [2.45, 2.75) is 45.3 Å². The van der Waals surface area contributed by atoms with Crippen LogP contribution in [0.2, 0.25) is 0 Å². The molecule has 0 aliphatic rings. The van der Waals surface area contributed by atoms with E-state index in [0.29, 0.717) is 39.6 Å². The van der Waals surface area contributed by atoms with Gasteiger partial charge in [-0.2, -0.15) is 13.2 Å². The summed E-state index contributed by atoms with van der Waals surface area (Å²) in [5.74, 6) is 0. The van der Waals surface area contributed by atoms with E-state index in [1.807, 2.05) is 0 Å².